The molecule has 0 N–H and O–H groups in total. The van der Waals surface area contributed by atoms with Crippen molar-refractivity contribution in [1.82, 2.24) is 0 Å². The smallest absolute Gasteiger partial charge is 0.416 e. The number of rotatable bonds is 7. The Morgan fingerprint density at radius 2 is 1.87 bits per heavy atom. The third-order valence-electron chi connectivity index (χ3n) is 3.61. The molecule has 0 aromatic heterocycles. The summed E-state index contributed by atoms with van der Waals surface area (Å²) in [5.41, 5.74) is -2.13. The Morgan fingerprint density at radius 1 is 1.20 bits per heavy atom. The van der Waals surface area contributed by atoms with Gasteiger partial charge in [-0.15, -0.1) is 0 Å². The lowest BCUT2D eigenvalue weighted by Crippen LogP contribution is -2.26. The van der Waals surface area contributed by atoms with E-state index in [-0.39, 0.29) is 16.5 Å². The summed E-state index contributed by atoms with van der Waals surface area (Å²) >= 11 is 3.77. The van der Waals surface area contributed by atoms with Crippen molar-refractivity contribution in [1.29, 1.82) is 0 Å². The first-order valence-corrected chi connectivity index (χ1v) is 9.45. The quantitative estimate of drug-likeness (QED) is 0.331. The molecule has 2 rings (SSSR count). The number of hydrogen-bond acceptors (Lipinski definition) is 7. The van der Waals surface area contributed by atoms with E-state index >= 15 is 0 Å². The lowest BCUT2D eigenvalue weighted by atomic mass is 10.2. The van der Waals surface area contributed by atoms with E-state index in [0.717, 1.165) is 19.2 Å². The van der Waals surface area contributed by atoms with Crippen molar-refractivity contribution in [3.8, 4) is 17.2 Å². The molecule has 2 unspecified atom stereocenters. The first-order chi connectivity index (χ1) is 13.9. The fraction of sp³-hybridized carbons (Fsp3) is 0.235. The molecule has 0 radical (unpaired) electrons. The van der Waals surface area contributed by atoms with Crippen LogP contribution in [0.3, 0.4) is 0 Å². The van der Waals surface area contributed by atoms with E-state index in [0.29, 0.717) is 12.1 Å². The molecule has 0 aliphatic rings. The fourth-order valence-corrected chi connectivity index (χ4v) is 2.98. The van der Waals surface area contributed by atoms with Crippen LogP contribution in [0.1, 0.15) is 12.5 Å². The Balaban J connectivity index is 2.32. The molecule has 162 valence electrons. The summed E-state index contributed by atoms with van der Waals surface area (Å²) in [5, 5.41) is 9.99. The minimum atomic E-state index is -4.77. The molecule has 0 bridgehead atoms. The van der Waals surface area contributed by atoms with Crippen LogP contribution in [0, 0.1) is 10.1 Å². The number of carbonyl (C=O) groups excluding carboxylic acids is 1. The Hall–Kier alpha value is -2.86. The zero-order chi connectivity index (χ0) is 22.6. The zero-order valence-electron chi connectivity index (χ0n) is 15.3. The second kappa shape index (κ2) is 9.30. The molecule has 0 heterocycles. The Labute approximate surface area is 175 Å². The SMILES string of the molecule is COC(=O)C(C)S(=O)Oc1cc(Oc2ccc(C(F)(F)F)cc2[N+](=O)[O-])ccc1Cl. The summed E-state index contributed by atoms with van der Waals surface area (Å²) in [6, 6.07) is 5.41. The van der Waals surface area contributed by atoms with Crippen LogP contribution in [0.2, 0.25) is 5.02 Å². The van der Waals surface area contributed by atoms with Crippen molar-refractivity contribution in [3.63, 3.8) is 0 Å². The van der Waals surface area contributed by atoms with Gasteiger partial charge in [0.15, 0.2) is 11.0 Å². The number of methoxy groups -OCH3 is 1. The summed E-state index contributed by atoms with van der Waals surface area (Å²) in [4.78, 5) is 21.6. The number of alkyl halides is 3. The summed E-state index contributed by atoms with van der Waals surface area (Å²) < 4.78 is 65.4. The van der Waals surface area contributed by atoms with E-state index in [1.54, 1.807) is 0 Å². The number of ether oxygens (including phenoxy) is 2. The summed E-state index contributed by atoms with van der Waals surface area (Å²) in [6.07, 6.45) is -4.77. The molecule has 8 nitrogen and oxygen atoms in total. The number of nitrogens with zero attached hydrogens (tertiary/aromatic N) is 1. The first kappa shape index (κ1) is 23.4. The Kier molecular flexibility index (Phi) is 7.26. The van der Waals surface area contributed by atoms with E-state index in [1.165, 1.54) is 19.1 Å². The molecule has 30 heavy (non-hydrogen) atoms. The number of benzene rings is 2. The van der Waals surface area contributed by atoms with Gasteiger partial charge in [-0.3, -0.25) is 14.9 Å². The minimum Gasteiger partial charge on any atom is -0.468 e. The van der Waals surface area contributed by atoms with Gasteiger partial charge in [-0.2, -0.15) is 13.2 Å². The van der Waals surface area contributed by atoms with Gasteiger partial charge < -0.3 is 13.7 Å². The summed E-state index contributed by atoms with van der Waals surface area (Å²) in [7, 11) is 1.11. The topological polar surface area (TPSA) is 105 Å². The molecular weight excluding hydrogens is 455 g/mol. The normalized spacial score (nSPS) is 13.3. The van der Waals surface area contributed by atoms with Crippen molar-refractivity contribution in [2.24, 2.45) is 0 Å². The van der Waals surface area contributed by atoms with Crippen molar-refractivity contribution >= 4 is 34.3 Å². The van der Waals surface area contributed by atoms with Crippen LogP contribution in [0.25, 0.3) is 0 Å². The van der Waals surface area contributed by atoms with Gasteiger partial charge in [0.25, 0.3) is 0 Å². The largest absolute Gasteiger partial charge is 0.468 e. The Bertz CT molecular complexity index is 1000. The van der Waals surface area contributed by atoms with Crippen LogP contribution in [0.5, 0.6) is 17.2 Å². The van der Waals surface area contributed by atoms with Gasteiger partial charge in [-0.1, -0.05) is 11.6 Å². The summed E-state index contributed by atoms with van der Waals surface area (Å²) in [6.45, 7) is 1.29. The molecule has 13 heteroatoms. The third-order valence-corrected chi connectivity index (χ3v) is 5.03. The average Bonchev–Trinajstić information content (AvgIpc) is 2.68. The third kappa shape index (κ3) is 5.60. The molecule has 2 aromatic carbocycles. The summed E-state index contributed by atoms with van der Waals surface area (Å²) in [5.74, 6) is -1.54. The number of halogens is 4. The molecular formula is C17H13ClF3NO7S. The van der Waals surface area contributed by atoms with E-state index in [2.05, 4.69) is 4.74 Å². The van der Waals surface area contributed by atoms with Gasteiger partial charge >= 0.3 is 17.8 Å². The Morgan fingerprint density at radius 3 is 2.43 bits per heavy atom. The van der Waals surface area contributed by atoms with Gasteiger partial charge in [0.1, 0.15) is 5.75 Å². The van der Waals surface area contributed by atoms with Crippen LogP contribution >= 0.6 is 11.6 Å². The number of nitro groups is 1. The highest BCUT2D eigenvalue weighted by Gasteiger charge is 2.33. The van der Waals surface area contributed by atoms with Gasteiger partial charge in [-0.25, -0.2) is 4.21 Å². The van der Waals surface area contributed by atoms with E-state index in [4.69, 9.17) is 20.5 Å². The van der Waals surface area contributed by atoms with Gasteiger partial charge in [0, 0.05) is 12.1 Å². The lowest BCUT2D eigenvalue weighted by molar-refractivity contribution is -0.385. The maximum absolute atomic E-state index is 12.8. The molecule has 0 spiro atoms. The van der Waals surface area contributed by atoms with Crippen LogP contribution in [0.4, 0.5) is 18.9 Å². The highest BCUT2D eigenvalue weighted by molar-refractivity contribution is 7.82. The van der Waals surface area contributed by atoms with Crippen LogP contribution < -0.4 is 8.92 Å². The van der Waals surface area contributed by atoms with Gasteiger partial charge in [0.05, 0.1) is 22.6 Å². The second-order valence-corrected chi connectivity index (χ2v) is 7.44. The monoisotopic (exact) mass is 467 g/mol. The predicted molar refractivity (Wildman–Crippen MR) is 99.9 cm³/mol. The number of carbonyl (C=O) groups is 1. The van der Waals surface area contributed by atoms with Crippen LogP contribution in [-0.2, 0) is 26.8 Å². The molecule has 0 aliphatic heterocycles. The van der Waals surface area contributed by atoms with Crippen molar-refractivity contribution in [3.05, 3.63) is 57.1 Å². The van der Waals surface area contributed by atoms with E-state index in [9.17, 15) is 32.3 Å². The first-order valence-electron chi connectivity index (χ1n) is 7.93. The zero-order valence-corrected chi connectivity index (χ0v) is 16.8. The maximum Gasteiger partial charge on any atom is 0.416 e. The van der Waals surface area contributed by atoms with Gasteiger partial charge in [0.2, 0.25) is 16.8 Å². The molecule has 0 aliphatic carbocycles. The van der Waals surface area contributed by atoms with Crippen molar-refractivity contribution in [2.45, 2.75) is 18.3 Å². The molecule has 2 aromatic rings. The van der Waals surface area contributed by atoms with Crippen LogP contribution in [0.15, 0.2) is 36.4 Å². The molecule has 0 saturated carbocycles. The van der Waals surface area contributed by atoms with Gasteiger partial charge in [-0.05, 0) is 31.2 Å². The second-order valence-electron chi connectivity index (χ2n) is 5.64. The minimum absolute atomic E-state index is 0.0188. The molecule has 0 amide bonds. The van der Waals surface area contributed by atoms with Crippen molar-refractivity contribution < 1.29 is 40.8 Å². The molecule has 0 saturated heterocycles. The highest BCUT2D eigenvalue weighted by Crippen LogP contribution is 2.39. The highest BCUT2D eigenvalue weighted by atomic mass is 35.5. The fourth-order valence-electron chi connectivity index (χ4n) is 2.07. The maximum atomic E-state index is 12.8. The predicted octanol–water partition coefficient (Wildman–Crippen LogP) is 4.66. The standard InChI is InChI=1S/C17H13ClF3NO7S/c1-9(16(23)27-2)30(26)29-15-8-11(4-5-12(15)18)28-14-6-3-10(17(19,20)21)7-13(14)22(24)25/h3-9H,1-2H3. The van der Waals surface area contributed by atoms with Crippen LogP contribution in [-0.4, -0.2) is 27.5 Å². The van der Waals surface area contributed by atoms with E-state index < -0.39 is 50.4 Å². The molecule has 2 atom stereocenters. The number of esters is 1. The average molecular weight is 468 g/mol. The van der Waals surface area contributed by atoms with E-state index in [1.807, 2.05) is 0 Å². The molecule has 0 fully saturated rings. The number of nitro benzene ring substituents is 1. The number of hydrogen-bond donors (Lipinski definition) is 0. The van der Waals surface area contributed by atoms with Crippen molar-refractivity contribution in [2.75, 3.05) is 7.11 Å². The lowest BCUT2D eigenvalue weighted by Gasteiger charge is -2.13.